The standard InChI is InChI=1S/C20H21N3O2/c1-13-7-8-15(11-21-13)20(25)22-16-9-19(24)23(12-16)18-10-17(18)14-5-3-2-4-6-14/h2-8,11,16-18H,9-10,12H2,1H3,(H,22,25). The number of hydrogen-bond donors (Lipinski definition) is 1. The zero-order valence-corrected chi connectivity index (χ0v) is 14.2. The molecule has 1 aliphatic heterocycles. The van der Waals surface area contributed by atoms with E-state index in [4.69, 9.17) is 0 Å². The van der Waals surface area contributed by atoms with E-state index in [0.29, 0.717) is 24.4 Å². The lowest BCUT2D eigenvalue weighted by Gasteiger charge is -2.17. The molecule has 1 aromatic heterocycles. The van der Waals surface area contributed by atoms with Crippen LogP contribution in [0.1, 0.15) is 40.4 Å². The van der Waals surface area contributed by atoms with Gasteiger partial charge >= 0.3 is 0 Å². The van der Waals surface area contributed by atoms with Crippen LogP contribution in [0, 0.1) is 6.92 Å². The van der Waals surface area contributed by atoms with Crippen LogP contribution in [0.2, 0.25) is 0 Å². The maximum Gasteiger partial charge on any atom is 0.253 e. The Morgan fingerprint density at radius 1 is 1.20 bits per heavy atom. The van der Waals surface area contributed by atoms with Crippen molar-refractivity contribution in [2.45, 2.75) is 37.8 Å². The predicted molar refractivity (Wildman–Crippen MR) is 94.1 cm³/mol. The summed E-state index contributed by atoms with van der Waals surface area (Å²) in [6, 6.07) is 14.0. The van der Waals surface area contributed by atoms with Gasteiger partial charge in [-0.3, -0.25) is 14.6 Å². The summed E-state index contributed by atoms with van der Waals surface area (Å²) in [6.07, 6.45) is 2.97. The van der Waals surface area contributed by atoms with E-state index >= 15 is 0 Å². The Kier molecular flexibility index (Phi) is 3.99. The van der Waals surface area contributed by atoms with E-state index in [2.05, 4.69) is 22.4 Å². The van der Waals surface area contributed by atoms with Crippen LogP contribution in [0.25, 0.3) is 0 Å². The van der Waals surface area contributed by atoms with Gasteiger partial charge in [0.1, 0.15) is 0 Å². The molecule has 2 amide bonds. The minimum Gasteiger partial charge on any atom is -0.347 e. The summed E-state index contributed by atoms with van der Waals surface area (Å²) in [6.45, 7) is 2.48. The molecular weight excluding hydrogens is 314 g/mol. The Bertz CT molecular complexity index is 788. The van der Waals surface area contributed by atoms with Crippen molar-refractivity contribution in [2.24, 2.45) is 0 Å². The summed E-state index contributed by atoms with van der Waals surface area (Å²) in [7, 11) is 0. The fraction of sp³-hybridized carbons (Fsp3) is 0.350. The summed E-state index contributed by atoms with van der Waals surface area (Å²) in [5, 5.41) is 2.97. The number of benzene rings is 1. The molecule has 1 aliphatic carbocycles. The average molecular weight is 335 g/mol. The van der Waals surface area contributed by atoms with Crippen LogP contribution in [-0.4, -0.2) is 40.3 Å². The average Bonchev–Trinajstić information content (AvgIpc) is 3.33. The van der Waals surface area contributed by atoms with Gasteiger partial charge < -0.3 is 10.2 Å². The van der Waals surface area contributed by atoms with E-state index in [1.54, 1.807) is 12.3 Å². The molecule has 1 aromatic carbocycles. The lowest BCUT2D eigenvalue weighted by Crippen LogP contribution is -2.37. The van der Waals surface area contributed by atoms with Crippen molar-refractivity contribution in [3.63, 3.8) is 0 Å². The van der Waals surface area contributed by atoms with E-state index in [-0.39, 0.29) is 23.9 Å². The van der Waals surface area contributed by atoms with Crippen molar-refractivity contribution in [1.29, 1.82) is 0 Å². The number of likely N-dealkylation sites (tertiary alicyclic amines) is 1. The van der Waals surface area contributed by atoms with Crippen LogP contribution >= 0.6 is 0 Å². The molecule has 2 aliphatic rings. The highest BCUT2D eigenvalue weighted by molar-refractivity contribution is 5.94. The highest BCUT2D eigenvalue weighted by Crippen LogP contribution is 2.45. The van der Waals surface area contributed by atoms with Gasteiger partial charge in [0, 0.05) is 36.8 Å². The molecule has 2 aromatic rings. The first-order chi connectivity index (χ1) is 12.1. The fourth-order valence-electron chi connectivity index (χ4n) is 3.60. The second kappa shape index (κ2) is 6.31. The summed E-state index contributed by atoms with van der Waals surface area (Å²) in [5.74, 6) is 0.402. The van der Waals surface area contributed by atoms with Gasteiger partial charge in [-0.1, -0.05) is 30.3 Å². The molecule has 1 saturated heterocycles. The molecular formula is C20H21N3O2. The maximum absolute atomic E-state index is 12.4. The minimum atomic E-state index is -0.164. The van der Waals surface area contributed by atoms with E-state index in [1.165, 1.54) is 5.56 Å². The molecule has 1 saturated carbocycles. The third-order valence-corrected chi connectivity index (χ3v) is 5.05. The van der Waals surface area contributed by atoms with Crippen molar-refractivity contribution < 1.29 is 9.59 Å². The molecule has 25 heavy (non-hydrogen) atoms. The molecule has 5 nitrogen and oxygen atoms in total. The molecule has 2 heterocycles. The molecule has 5 heteroatoms. The molecule has 2 fully saturated rings. The number of aromatic nitrogens is 1. The van der Waals surface area contributed by atoms with Gasteiger partial charge in [-0.15, -0.1) is 0 Å². The molecule has 3 unspecified atom stereocenters. The normalized spacial score (nSPS) is 25.1. The van der Waals surface area contributed by atoms with Crippen LogP contribution in [0.4, 0.5) is 0 Å². The van der Waals surface area contributed by atoms with Crippen LogP contribution in [0.5, 0.6) is 0 Å². The van der Waals surface area contributed by atoms with Gasteiger partial charge in [-0.2, -0.15) is 0 Å². The quantitative estimate of drug-likeness (QED) is 0.932. The number of nitrogens with one attached hydrogen (secondary N) is 1. The van der Waals surface area contributed by atoms with Crippen molar-refractivity contribution in [3.05, 3.63) is 65.5 Å². The van der Waals surface area contributed by atoms with Gasteiger partial charge in [-0.05, 0) is 31.0 Å². The molecule has 1 N–H and O–H groups in total. The number of amides is 2. The second-order valence-electron chi connectivity index (χ2n) is 6.93. The van der Waals surface area contributed by atoms with Crippen LogP contribution in [0.15, 0.2) is 48.7 Å². The minimum absolute atomic E-state index is 0.127. The Balaban J connectivity index is 1.36. The van der Waals surface area contributed by atoms with Gasteiger partial charge in [-0.25, -0.2) is 0 Å². The number of rotatable bonds is 4. The van der Waals surface area contributed by atoms with E-state index in [1.807, 2.05) is 36.1 Å². The summed E-state index contributed by atoms with van der Waals surface area (Å²) in [4.78, 5) is 30.8. The highest BCUT2D eigenvalue weighted by atomic mass is 16.2. The van der Waals surface area contributed by atoms with Crippen molar-refractivity contribution in [3.8, 4) is 0 Å². The first-order valence-electron chi connectivity index (χ1n) is 8.70. The number of nitrogens with zero attached hydrogens (tertiary/aromatic N) is 2. The number of carbonyl (C=O) groups excluding carboxylic acids is 2. The Hall–Kier alpha value is -2.69. The SMILES string of the molecule is Cc1ccc(C(=O)NC2CC(=O)N(C3CC3c3ccccc3)C2)cn1. The van der Waals surface area contributed by atoms with Gasteiger partial charge in [0.25, 0.3) is 5.91 Å². The topological polar surface area (TPSA) is 62.3 Å². The summed E-state index contributed by atoms with van der Waals surface area (Å²) < 4.78 is 0. The Morgan fingerprint density at radius 3 is 2.72 bits per heavy atom. The number of pyridine rings is 1. The lowest BCUT2D eigenvalue weighted by atomic mass is 10.1. The largest absolute Gasteiger partial charge is 0.347 e. The van der Waals surface area contributed by atoms with Crippen molar-refractivity contribution >= 4 is 11.8 Å². The predicted octanol–water partition coefficient (Wildman–Crippen LogP) is 2.28. The molecule has 0 radical (unpaired) electrons. The van der Waals surface area contributed by atoms with Gasteiger partial charge in [0.05, 0.1) is 11.6 Å². The molecule has 3 atom stereocenters. The van der Waals surface area contributed by atoms with Crippen LogP contribution < -0.4 is 5.32 Å². The smallest absolute Gasteiger partial charge is 0.253 e. The van der Waals surface area contributed by atoms with E-state index < -0.39 is 0 Å². The third kappa shape index (κ3) is 3.27. The lowest BCUT2D eigenvalue weighted by molar-refractivity contribution is -0.128. The molecule has 0 bridgehead atoms. The molecule has 4 rings (SSSR count). The number of aryl methyl sites for hydroxylation is 1. The second-order valence-corrected chi connectivity index (χ2v) is 6.93. The summed E-state index contributed by atoms with van der Waals surface area (Å²) >= 11 is 0. The highest BCUT2D eigenvalue weighted by Gasteiger charge is 2.47. The molecule has 0 spiro atoms. The zero-order chi connectivity index (χ0) is 17.4. The first kappa shape index (κ1) is 15.8. The third-order valence-electron chi connectivity index (χ3n) is 5.05. The first-order valence-corrected chi connectivity index (χ1v) is 8.70. The number of hydrogen-bond acceptors (Lipinski definition) is 3. The van der Waals surface area contributed by atoms with Crippen molar-refractivity contribution in [1.82, 2.24) is 15.2 Å². The van der Waals surface area contributed by atoms with E-state index in [0.717, 1.165) is 12.1 Å². The Labute approximate surface area is 147 Å². The van der Waals surface area contributed by atoms with Crippen LogP contribution in [0.3, 0.4) is 0 Å². The maximum atomic E-state index is 12.4. The van der Waals surface area contributed by atoms with Crippen LogP contribution in [-0.2, 0) is 4.79 Å². The monoisotopic (exact) mass is 335 g/mol. The number of carbonyl (C=O) groups is 2. The van der Waals surface area contributed by atoms with Crippen molar-refractivity contribution in [2.75, 3.05) is 6.54 Å². The summed E-state index contributed by atoms with van der Waals surface area (Å²) in [5.41, 5.74) is 2.70. The van der Waals surface area contributed by atoms with Gasteiger partial charge in [0.15, 0.2) is 0 Å². The van der Waals surface area contributed by atoms with E-state index in [9.17, 15) is 9.59 Å². The Morgan fingerprint density at radius 2 is 2.00 bits per heavy atom. The molecule has 128 valence electrons. The fourth-order valence-corrected chi connectivity index (χ4v) is 3.60. The van der Waals surface area contributed by atoms with Gasteiger partial charge in [0.2, 0.25) is 5.91 Å². The zero-order valence-electron chi connectivity index (χ0n) is 14.2.